The van der Waals surface area contributed by atoms with Gasteiger partial charge < -0.3 is 5.73 Å². The summed E-state index contributed by atoms with van der Waals surface area (Å²) in [5.74, 6) is 0. The zero-order chi connectivity index (χ0) is 14.8. The van der Waals surface area contributed by atoms with Crippen LogP contribution >= 0.6 is 0 Å². The topological polar surface area (TPSA) is 32.5 Å². The molecular weight excluding hydrogens is 246 g/mol. The van der Waals surface area contributed by atoms with E-state index in [1.807, 2.05) is 0 Å². The summed E-state index contributed by atoms with van der Waals surface area (Å²) in [5.41, 5.74) is 6.99. The second-order valence-corrected chi connectivity index (χ2v) is 7.90. The molecule has 1 aliphatic heterocycles. The molecule has 1 heterocycles. The van der Waals surface area contributed by atoms with E-state index >= 15 is 0 Å². The highest BCUT2D eigenvalue weighted by molar-refractivity contribution is 4.98. The van der Waals surface area contributed by atoms with Crippen molar-refractivity contribution in [1.29, 1.82) is 0 Å². The van der Waals surface area contributed by atoms with Gasteiger partial charge in [-0.2, -0.15) is 0 Å². The molecule has 1 saturated heterocycles. The third kappa shape index (κ3) is 3.37. The van der Waals surface area contributed by atoms with Gasteiger partial charge in [0.25, 0.3) is 0 Å². The molecule has 3 heteroatoms. The molecule has 20 heavy (non-hydrogen) atoms. The van der Waals surface area contributed by atoms with E-state index in [1.165, 1.54) is 58.2 Å². The Balaban J connectivity index is 1.97. The maximum Gasteiger partial charge on any atom is 0.0329 e. The molecule has 3 nitrogen and oxygen atoms in total. The van der Waals surface area contributed by atoms with E-state index < -0.39 is 0 Å². The Morgan fingerprint density at radius 1 is 1.20 bits per heavy atom. The first-order valence-electron chi connectivity index (χ1n) is 8.58. The highest BCUT2D eigenvalue weighted by Crippen LogP contribution is 2.42. The van der Waals surface area contributed by atoms with Crippen LogP contribution in [0.3, 0.4) is 0 Å². The van der Waals surface area contributed by atoms with Crippen molar-refractivity contribution in [3.8, 4) is 0 Å². The smallest absolute Gasteiger partial charge is 0.0329 e. The van der Waals surface area contributed by atoms with Crippen LogP contribution in [0.25, 0.3) is 0 Å². The van der Waals surface area contributed by atoms with Crippen molar-refractivity contribution < 1.29 is 0 Å². The normalized spacial score (nSPS) is 30.0. The SMILES string of the molecule is CCN1CCCC1CN(C)C1(CN)CCC(C)(C)CC1. The largest absolute Gasteiger partial charge is 0.329 e. The van der Waals surface area contributed by atoms with E-state index in [9.17, 15) is 0 Å². The van der Waals surface area contributed by atoms with Crippen LogP contribution in [0.15, 0.2) is 0 Å². The van der Waals surface area contributed by atoms with Crippen LogP contribution in [0.2, 0.25) is 0 Å². The van der Waals surface area contributed by atoms with Crippen molar-refractivity contribution in [2.24, 2.45) is 11.1 Å². The van der Waals surface area contributed by atoms with Crippen LogP contribution in [-0.2, 0) is 0 Å². The van der Waals surface area contributed by atoms with Crippen LogP contribution in [-0.4, -0.2) is 54.6 Å². The van der Waals surface area contributed by atoms with Crippen LogP contribution < -0.4 is 5.73 Å². The van der Waals surface area contributed by atoms with Crippen molar-refractivity contribution in [3.63, 3.8) is 0 Å². The molecule has 0 aromatic heterocycles. The Kier molecular flexibility index (Phi) is 5.14. The quantitative estimate of drug-likeness (QED) is 0.841. The highest BCUT2D eigenvalue weighted by Gasteiger charge is 2.41. The van der Waals surface area contributed by atoms with Crippen LogP contribution in [0.1, 0.15) is 59.3 Å². The lowest BCUT2D eigenvalue weighted by atomic mass is 9.68. The Labute approximate surface area is 125 Å². The summed E-state index contributed by atoms with van der Waals surface area (Å²) in [5, 5.41) is 0. The number of likely N-dealkylation sites (N-methyl/N-ethyl adjacent to an activating group) is 2. The number of nitrogens with two attached hydrogens (primary N) is 1. The molecule has 2 aliphatic rings. The van der Waals surface area contributed by atoms with Gasteiger partial charge in [0, 0.05) is 24.7 Å². The molecule has 0 radical (unpaired) electrons. The Morgan fingerprint density at radius 3 is 2.40 bits per heavy atom. The minimum atomic E-state index is 0.261. The maximum atomic E-state index is 6.21. The summed E-state index contributed by atoms with van der Waals surface area (Å²) in [7, 11) is 2.32. The Hall–Kier alpha value is -0.120. The van der Waals surface area contributed by atoms with Crippen LogP contribution in [0, 0.1) is 5.41 Å². The molecule has 1 unspecified atom stereocenters. The number of likely N-dealkylation sites (tertiary alicyclic amines) is 1. The van der Waals surface area contributed by atoms with E-state index in [1.54, 1.807) is 0 Å². The van der Waals surface area contributed by atoms with Gasteiger partial charge in [0.05, 0.1) is 0 Å². The van der Waals surface area contributed by atoms with Crippen molar-refractivity contribution in [2.45, 2.75) is 70.9 Å². The van der Waals surface area contributed by atoms with E-state index in [0.29, 0.717) is 5.41 Å². The van der Waals surface area contributed by atoms with Crippen molar-refractivity contribution >= 4 is 0 Å². The molecule has 1 saturated carbocycles. The molecule has 0 aromatic carbocycles. The average Bonchev–Trinajstić information content (AvgIpc) is 2.86. The molecule has 0 amide bonds. The van der Waals surface area contributed by atoms with Gasteiger partial charge in [-0.3, -0.25) is 9.80 Å². The van der Waals surface area contributed by atoms with E-state index in [4.69, 9.17) is 5.73 Å². The van der Waals surface area contributed by atoms with Gasteiger partial charge in [0.2, 0.25) is 0 Å². The van der Waals surface area contributed by atoms with Crippen molar-refractivity contribution in [3.05, 3.63) is 0 Å². The van der Waals surface area contributed by atoms with Crippen molar-refractivity contribution in [2.75, 3.05) is 33.2 Å². The monoisotopic (exact) mass is 281 g/mol. The molecule has 118 valence electrons. The van der Waals surface area contributed by atoms with Gasteiger partial charge in [-0.15, -0.1) is 0 Å². The van der Waals surface area contributed by atoms with Crippen LogP contribution in [0.5, 0.6) is 0 Å². The molecular formula is C17H35N3. The molecule has 1 atom stereocenters. The number of hydrogen-bond acceptors (Lipinski definition) is 3. The molecule has 0 spiro atoms. The van der Waals surface area contributed by atoms with Crippen LogP contribution in [0.4, 0.5) is 0 Å². The first-order valence-corrected chi connectivity index (χ1v) is 8.58. The van der Waals surface area contributed by atoms with E-state index in [-0.39, 0.29) is 5.54 Å². The molecule has 2 fully saturated rings. The lowest BCUT2D eigenvalue weighted by Crippen LogP contribution is -2.57. The number of nitrogens with zero attached hydrogens (tertiary/aromatic N) is 2. The van der Waals surface area contributed by atoms with Gasteiger partial charge >= 0.3 is 0 Å². The summed E-state index contributed by atoms with van der Waals surface area (Å²) in [4.78, 5) is 5.26. The summed E-state index contributed by atoms with van der Waals surface area (Å²) in [6.45, 7) is 11.6. The number of hydrogen-bond donors (Lipinski definition) is 1. The second kappa shape index (κ2) is 6.33. The fourth-order valence-corrected chi connectivity index (χ4v) is 4.16. The summed E-state index contributed by atoms with van der Waals surface area (Å²) < 4.78 is 0. The van der Waals surface area contributed by atoms with Gasteiger partial charge in [-0.1, -0.05) is 20.8 Å². The average molecular weight is 281 g/mol. The molecule has 2 N–H and O–H groups in total. The first kappa shape index (κ1) is 16.3. The second-order valence-electron chi connectivity index (χ2n) is 7.90. The molecule has 0 aromatic rings. The highest BCUT2D eigenvalue weighted by atomic mass is 15.3. The predicted octanol–water partition coefficient (Wildman–Crippen LogP) is 2.70. The van der Waals surface area contributed by atoms with Crippen molar-refractivity contribution in [1.82, 2.24) is 9.80 Å². The Bertz CT molecular complexity index is 303. The minimum Gasteiger partial charge on any atom is -0.329 e. The summed E-state index contributed by atoms with van der Waals surface area (Å²) >= 11 is 0. The standard InChI is InChI=1S/C17H35N3/c1-5-20-12-6-7-15(20)13-19(4)17(14-18)10-8-16(2,3)9-11-17/h15H,5-14,18H2,1-4H3. The zero-order valence-corrected chi connectivity index (χ0v) is 14.1. The van der Waals surface area contributed by atoms with Gasteiger partial charge in [0.15, 0.2) is 0 Å². The molecule has 1 aliphatic carbocycles. The fraction of sp³-hybridized carbons (Fsp3) is 1.00. The summed E-state index contributed by atoms with van der Waals surface area (Å²) in [6, 6.07) is 0.753. The third-order valence-corrected chi connectivity index (χ3v) is 6.11. The molecule has 0 bridgehead atoms. The first-order chi connectivity index (χ1) is 9.42. The lowest BCUT2D eigenvalue weighted by molar-refractivity contribution is 0.0267. The van der Waals surface area contributed by atoms with Gasteiger partial charge in [0.1, 0.15) is 0 Å². The Morgan fingerprint density at radius 2 is 1.85 bits per heavy atom. The zero-order valence-electron chi connectivity index (χ0n) is 14.1. The van der Waals surface area contributed by atoms with E-state index in [0.717, 1.165) is 12.6 Å². The maximum absolute atomic E-state index is 6.21. The lowest BCUT2D eigenvalue weighted by Gasteiger charge is -2.49. The summed E-state index contributed by atoms with van der Waals surface area (Å²) in [6.07, 6.45) is 7.91. The predicted molar refractivity (Wildman–Crippen MR) is 86.9 cm³/mol. The molecule has 2 rings (SSSR count). The van der Waals surface area contributed by atoms with E-state index in [2.05, 4.69) is 37.6 Å². The van der Waals surface area contributed by atoms with Gasteiger partial charge in [-0.25, -0.2) is 0 Å². The van der Waals surface area contributed by atoms with Gasteiger partial charge in [-0.05, 0) is 64.1 Å². The minimum absolute atomic E-state index is 0.261. The fourth-order valence-electron chi connectivity index (χ4n) is 4.16. The number of rotatable bonds is 5. The third-order valence-electron chi connectivity index (χ3n) is 6.11.